The lowest BCUT2D eigenvalue weighted by molar-refractivity contribution is 1.08. The Bertz CT molecular complexity index is 279. The molecule has 1 aromatic heterocycles. The van der Waals surface area contributed by atoms with Gasteiger partial charge in [0, 0.05) is 5.56 Å². The Morgan fingerprint density at radius 2 is 1.59 bits per heavy atom. The van der Waals surface area contributed by atoms with Crippen molar-refractivity contribution in [2.75, 3.05) is 0 Å². The van der Waals surface area contributed by atoms with Crippen molar-refractivity contribution in [2.45, 2.75) is 55.4 Å². The third-order valence-corrected chi connectivity index (χ3v) is 1.35. The van der Waals surface area contributed by atoms with Gasteiger partial charge in [0.1, 0.15) is 0 Å². The van der Waals surface area contributed by atoms with Gasteiger partial charge >= 0.3 is 0 Å². The van der Waals surface area contributed by atoms with E-state index in [4.69, 9.17) is 0 Å². The number of nitrogens with zero attached hydrogens (tertiary/aromatic N) is 1. The molecule has 0 amide bonds. The van der Waals surface area contributed by atoms with E-state index < -0.39 is 0 Å². The van der Waals surface area contributed by atoms with E-state index in [1.807, 2.05) is 41.5 Å². The van der Waals surface area contributed by atoms with E-state index in [0.717, 1.165) is 11.3 Å². The summed E-state index contributed by atoms with van der Waals surface area (Å²) in [7, 11) is 0. The molecule has 1 N–H and O–H groups in total. The Morgan fingerprint density at radius 1 is 1.12 bits per heavy atom. The summed E-state index contributed by atoms with van der Waals surface area (Å²) in [4.78, 5) is 0. The lowest BCUT2D eigenvalue weighted by Gasteiger charge is -1.90. The molecule has 0 unspecified atom stereocenters. The van der Waals surface area contributed by atoms with Crippen LogP contribution in [0.15, 0.2) is 18.3 Å². The van der Waals surface area contributed by atoms with Crippen LogP contribution in [0.5, 0.6) is 0 Å². The predicted molar refractivity (Wildman–Crippen MR) is 82.0 cm³/mol. The van der Waals surface area contributed by atoms with Gasteiger partial charge in [-0.15, -0.1) is 0 Å². The number of allylic oxidation sites excluding steroid dienone is 1. The van der Waals surface area contributed by atoms with Crippen molar-refractivity contribution in [3.8, 4) is 0 Å². The van der Waals surface area contributed by atoms with Gasteiger partial charge in [-0.25, -0.2) is 0 Å². The molecule has 0 aliphatic heterocycles. The quantitative estimate of drug-likeness (QED) is 0.718. The van der Waals surface area contributed by atoms with Crippen LogP contribution < -0.4 is 0 Å². The van der Waals surface area contributed by atoms with Crippen LogP contribution in [0.25, 0.3) is 12.2 Å². The molecule has 17 heavy (non-hydrogen) atoms. The second-order valence-electron chi connectivity index (χ2n) is 2.66. The lowest BCUT2D eigenvalue weighted by atomic mass is 10.2. The van der Waals surface area contributed by atoms with E-state index in [-0.39, 0.29) is 0 Å². The molecule has 0 spiro atoms. The first kappa shape index (κ1) is 21.0. The summed E-state index contributed by atoms with van der Waals surface area (Å²) >= 11 is 0. The Morgan fingerprint density at radius 3 is 1.94 bits per heavy atom. The molecule has 0 atom stereocenters. The molecule has 2 heteroatoms. The van der Waals surface area contributed by atoms with Gasteiger partial charge in [-0.3, -0.25) is 5.10 Å². The number of nitrogens with one attached hydrogen (secondary N) is 1. The van der Waals surface area contributed by atoms with E-state index in [9.17, 15) is 0 Å². The van der Waals surface area contributed by atoms with Gasteiger partial charge in [-0.05, 0) is 19.9 Å². The minimum atomic E-state index is 0.978. The van der Waals surface area contributed by atoms with Crippen LogP contribution in [0.1, 0.15) is 66.6 Å². The molecule has 0 aliphatic carbocycles. The van der Waals surface area contributed by atoms with Gasteiger partial charge in [0.2, 0.25) is 0 Å². The number of rotatable bonds is 2. The molecule has 100 valence electrons. The molecule has 2 nitrogen and oxygen atoms in total. The zero-order valence-corrected chi connectivity index (χ0v) is 12.9. The minimum Gasteiger partial charge on any atom is -0.278 e. The number of H-pyrrole nitrogens is 1. The Kier molecular flexibility index (Phi) is 21.1. The summed E-state index contributed by atoms with van der Waals surface area (Å²) in [6.07, 6.45) is 5.63. The average molecular weight is 238 g/mol. The van der Waals surface area contributed by atoms with Crippen LogP contribution in [0, 0.1) is 0 Å². The number of aromatic nitrogens is 2. The highest BCUT2D eigenvalue weighted by atomic mass is 15.1. The second kappa shape index (κ2) is 17.1. The standard InChI is InChI=1S/C9H12N2.3C2H6/c1-4-9-8(5-7(2)3)6-10-11-9;3*1-2/h4-6H,1H2,2-3H3,(H,10,11);3*1-2H3. The third-order valence-electron chi connectivity index (χ3n) is 1.35. The maximum Gasteiger partial charge on any atom is 0.0644 e. The molecule has 0 aromatic carbocycles. The highest BCUT2D eigenvalue weighted by Crippen LogP contribution is 2.10. The number of hydrogen-bond acceptors (Lipinski definition) is 1. The average Bonchev–Trinajstić information content (AvgIpc) is 2.83. The van der Waals surface area contributed by atoms with E-state index >= 15 is 0 Å². The largest absolute Gasteiger partial charge is 0.278 e. The van der Waals surface area contributed by atoms with Crippen LogP contribution in [0.3, 0.4) is 0 Å². The zero-order chi connectivity index (χ0) is 14.3. The van der Waals surface area contributed by atoms with E-state index in [1.165, 1.54) is 5.57 Å². The van der Waals surface area contributed by atoms with Crippen molar-refractivity contribution in [3.63, 3.8) is 0 Å². The monoisotopic (exact) mass is 238 g/mol. The fraction of sp³-hybridized carbons (Fsp3) is 0.533. The van der Waals surface area contributed by atoms with Gasteiger partial charge in [-0.2, -0.15) is 5.10 Å². The van der Waals surface area contributed by atoms with Crippen molar-refractivity contribution in [1.82, 2.24) is 10.2 Å². The second-order valence-corrected chi connectivity index (χ2v) is 2.66. The summed E-state index contributed by atoms with van der Waals surface area (Å²) in [5, 5.41) is 6.75. The molecule has 1 aromatic rings. The number of hydrogen-bond donors (Lipinski definition) is 1. The highest BCUT2D eigenvalue weighted by Gasteiger charge is 1.95. The van der Waals surface area contributed by atoms with E-state index in [0.29, 0.717) is 0 Å². The molecule has 1 heterocycles. The van der Waals surface area contributed by atoms with Gasteiger partial charge in [0.25, 0.3) is 0 Å². The summed E-state index contributed by atoms with van der Waals surface area (Å²) in [6, 6.07) is 0. The fourth-order valence-electron chi connectivity index (χ4n) is 0.895. The molecule has 0 saturated heterocycles. The van der Waals surface area contributed by atoms with E-state index in [2.05, 4.69) is 36.7 Å². The van der Waals surface area contributed by atoms with Crippen LogP contribution in [-0.2, 0) is 0 Å². The van der Waals surface area contributed by atoms with Crippen LogP contribution in [0.2, 0.25) is 0 Å². The maximum absolute atomic E-state index is 3.91. The minimum absolute atomic E-state index is 0.978. The van der Waals surface area contributed by atoms with Crippen molar-refractivity contribution < 1.29 is 0 Å². The molecular formula is C15H30N2. The number of aromatic amines is 1. The predicted octanol–water partition coefficient (Wildman–Crippen LogP) is 5.55. The molecule has 0 radical (unpaired) electrons. The first-order valence-electron chi connectivity index (χ1n) is 6.54. The summed E-state index contributed by atoms with van der Waals surface area (Å²) in [5.74, 6) is 0. The third kappa shape index (κ3) is 11.0. The molecule has 0 aliphatic rings. The highest BCUT2D eigenvalue weighted by molar-refractivity contribution is 5.61. The van der Waals surface area contributed by atoms with E-state index in [1.54, 1.807) is 12.3 Å². The first-order chi connectivity index (χ1) is 8.24. The van der Waals surface area contributed by atoms with Crippen LogP contribution >= 0.6 is 0 Å². The van der Waals surface area contributed by atoms with Gasteiger partial charge in [0.05, 0.1) is 11.9 Å². The molecule has 0 saturated carbocycles. The molecule has 0 fully saturated rings. The lowest BCUT2D eigenvalue weighted by Crippen LogP contribution is -1.74. The first-order valence-corrected chi connectivity index (χ1v) is 6.54. The molecular weight excluding hydrogens is 208 g/mol. The molecule has 1 rings (SSSR count). The Balaban J connectivity index is -0.000000285. The van der Waals surface area contributed by atoms with Gasteiger partial charge < -0.3 is 0 Å². The SMILES string of the molecule is C=Cc1[nH]ncc1C=C(C)C.CC.CC.CC. The van der Waals surface area contributed by atoms with Crippen molar-refractivity contribution in [2.24, 2.45) is 0 Å². The van der Waals surface area contributed by atoms with Crippen LogP contribution in [-0.4, -0.2) is 10.2 Å². The van der Waals surface area contributed by atoms with Gasteiger partial charge in [0.15, 0.2) is 0 Å². The summed E-state index contributed by atoms with van der Waals surface area (Å²) in [5.41, 5.74) is 3.33. The zero-order valence-electron chi connectivity index (χ0n) is 12.9. The van der Waals surface area contributed by atoms with Gasteiger partial charge in [-0.1, -0.05) is 59.8 Å². The van der Waals surface area contributed by atoms with Crippen LogP contribution in [0.4, 0.5) is 0 Å². The molecule has 0 bridgehead atoms. The van der Waals surface area contributed by atoms with Crippen molar-refractivity contribution in [3.05, 3.63) is 29.6 Å². The van der Waals surface area contributed by atoms with Crippen molar-refractivity contribution >= 4 is 12.2 Å². The topological polar surface area (TPSA) is 28.7 Å². The summed E-state index contributed by atoms with van der Waals surface area (Å²) in [6.45, 7) is 19.8. The normalized spacial score (nSPS) is 7.06. The maximum atomic E-state index is 3.91. The Labute approximate surface area is 108 Å². The summed E-state index contributed by atoms with van der Waals surface area (Å²) < 4.78 is 0. The Hall–Kier alpha value is -1.31. The van der Waals surface area contributed by atoms with Crippen molar-refractivity contribution in [1.29, 1.82) is 0 Å². The fourth-order valence-corrected chi connectivity index (χ4v) is 0.895. The smallest absolute Gasteiger partial charge is 0.0644 e.